The maximum Gasteiger partial charge on any atom is 0.416 e. The fourth-order valence-electron chi connectivity index (χ4n) is 6.86. The average Bonchev–Trinajstić information content (AvgIpc) is 3.27. The Morgan fingerprint density at radius 2 is 1.02 bits per heavy atom. The van der Waals surface area contributed by atoms with Crippen LogP contribution in [0.4, 0.5) is 26.3 Å². The molecule has 10 nitrogen and oxygen atoms in total. The molecule has 0 aliphatic carbocycles. The molecule has 2 amide bonds. The van der Waals surface area contributed by atoms with Crippen molar-refractivity contribution in [2.24, 2.45) is 0 Å². The number of nitrogens with zero attached hydrogens (tertiary/aromatic N) is 1. The Kier molecular flexibility index (Phi) is 19.6. The van der Waals surface area contributed by atoms with E-state index in [1.165, 1.54) is 24.3 Å². The highest BCUT2D eigenvalue weighted by Gasteiger charge is 2.31. The van der Waals surface area contributed by atoms with Gasteiger partial charge in [0, 0.05) is 36.3 Å². The number of carbonyl (C=O) groups is 4. The van der Waals surface area contributed by atoms with Crippen molar-refractivity contribution >= 4 is 39.7 Å². The second kappa shape index (κ2) is 24.5. The number of benzene rings is 4. The molecule has 0 atom stereocenters. The van der Waals surface area contributed by atoms with Gasteiger partial charge in [0.05, 0.1) is 30.9 Å². The van der Waals surface area contributed by atoms with Gasteiger partial charge < -0.3 is 25.4 Å². The molecule has 2 heterocycles. The van der Waals surface area contributed by atoms with E-state index in [1.807, 2.05) is 4.90 Å². The van der Waals surface area contributed by atoms with Crippen molar-refractivity contribution in [3.05, 3.63) is 119 Å². The van der Waals surface area contributed by atoms with E-state index in [4.69, 9.17) is 4.74 Å². The normalized spacial score (nSPS) is 14.8. The molecular formula is C46H51BrF6N4O6. The number of hydrogen-bond donors (Lipinski definition) is 3. The van der Waals surface area contributed by atoms with E-state index in [0.29, 0.717) is 77.9 Å². The van der Waals surface area contributed by atoms with Crippen molar-refractivity contribution in [2.75, 3.05) is 51.3 Å². The minimum Gasteiger partial charge on any atom is -0.465 e. The number of nitrogens with one attached hydrogen (secondary N) is 3. The Morgan fingerprint density at radius 1 is 0.619 bits per heavy atom. The standard InChI is InChI=1S/C23H25F3N2O3.C19H19F3N2O.C4H7BrO2/c1-2-31-21(29)15-28-13-11-18(12-14-28)27-22(30)20-6-4-3-5-19(20)16-7-9-17(10-8-16)23(24,25)26;20-19(21,22)14-7-5-13(6-8-14)16-3-1-2-4-17(16)18(25)24-15-9-11-23-12-10-15;1-2-7-4(6)3-5/h3-10,18H,2,11-15H2,1H3,(H,27,30);1-8,15,23H,9-12H2,(H,24,25);2-3H2,1H3. The van der Waals surface area contributed by atoms with Crippen LogP contribution in [0.25, 0.3) is 22.3 Å². The maximum atomic E-state index is 12.9. The van der Waals surface area contributed by atoms with Crippen LogP contribution in [0, 0.1) is 0 Å². The third-order valence-electron chi connectivity index (χ3n) is 10.1. The molecule has 4 aromatic carbocycles. The number of likely N-dealkylation sites (tertiary alicyclic amines) is 1. The lowest BCUT2D eigenvalue weighted by Crippen LogP contribution is -2.46. The number of carbonyl (C=O) groups excluding carboxylic acids is 4. The first-order valence-corrected chi connectivity index (χ1v) is 21.6. The Morgan fingerprint density at radius 3 is 1.40 bits per heavy atom. The van der Waals surface area contributed by atoms with Crippen molar-refractivity contribution < 1.29 is 55.0 Å². The van der Waals surface area contributed by atoms with Gasteiger partial charge in [-0.2, -0.15) is 26.3 Å². The summed E-state index contributed by atoms with van der Waals surface area (Å²) in [5, 5.41) is 9.57. The number of esters is 2. The molecule has 0 radical (unpaired) electrons. The molecule has 17 heteroatoms. The lowest BCUT2D eigenvalue weighted by Gasteiger charge is -2.31. The summed E-state index contributed by atoms with van der Waals surface area (Å²) in [5.41, 5.74) is 1.79. The summed E-state index contributed by atoms with van der Waals surface area (Å²) < 4.78 is 86.1. The fourth-order valence-corrected chi connectivity index (χ4v) is 7.02. The zero-order valence-electron chi connectivity index (χ0n) is 34.9. The van der Waals surface area contributed by atoms with Crippen LogP contribution >= 0.6 is 15.9 Å². The number of amides is 2. The molecule has 340 valence electrons. The van der Waals surface area contributed by atoms with Crippen molar-refractivity contribution in [3.63, 3.8) is 0 Å². The predicted octanol–water partition coefficient (Wildman–Crippen LogP) is 8.93. The molecule has 0 unspecified atom stereocenters. The van der Waals surface area contributed by atoms with Gasteiger partial charge in [-0.05, 0) is 111 Å². The summed E-state index contributed by atoms with van der Waals surface area (Å²) in [6, 6.07) is 23.6. The van der Waals surface area contributed by atoms with Gasteiger partial charge in [-0.1, -0.05) is 76.6 Å². The van der Waals surface area contributed by atoms with Gasteiger partial charge >= 0.3 is 24.3 Å². The van der Waals surface area contributed by atoms with Crippen LogP contribution in [-0.2, 0) is 31.4 Å². The van der Waals surface area contributed by atoms with E-state index < -0.39 is 23.5 Å². The summed E-state index contributed by atoms with van der Waals surface area (Å²) in [4.78, 5) is 49.3. The summed E-state index contributed by atoms with van der Waals surface area (Å²) in [7, 11) is 0. The van der Waals surface area contributed by atoms with Crippen LogP contribution < -0.4 is 16.0 Å². The molecular weight excluding hydrogens is 898 g/mol. The largest absolute Gasteiger partial charge is 0.465 e. The van der Waals surface area contributed by atoms with Crippen LogP contribution in [0.2, 0.25) is 0 Å². The summed E-state index contributed by atoms with van der Waals surface area (Å²) in [6.07, 6.45) is -5.63. The molecule has 4 aromatic rings. The Labute approximate surface area is 371 Å². The Hall–Kier alpha value is -5.26. The maximum absolute atomic E-state index is 12.9. The highest BCUT2D eigenvalue weighted by molar-refractivity contribution is 9.09. The lowest BCUT2D eigenvalue weighted by molar-refractivity contribution is -0.145. The molecule has 0 spiro atoms. The molecule has 2 fully saturated rings. The summed E-state index contributed by atoms with van der Waals surface area (Å²) >= 11 is 2.94. The summed E-state index contributed by atoms with van der Waals surface area (Å²) in [5.74, 6) is -0.917. The summed E-state index contributed by atoms with van der Waals surface area (Å²) in [6.45, 7) is 7.67. The van der Waals surface area contributed by atoms with Gasteiger partial charge in [-0.3, -0.25) is 24.1 Å². The van der Waals surface area contributed by atoms with Crippen molar-refractivity contribution in [2.45, 2.75) is 64.0 Å². The van der Waals surface area contributed by atoms with Crippen LogP contribution in [0.3, 0.4) is 0 Å². The SMILES string of the molecule is CCOC(=O)CBr.CCOC(=O)CN1CCC(NC(=O)c2ccccc2-c2ccc(C(F)(F)F)cc2)CC1.O=C(NC1CCNCC1)c1ccccc1-c1ccc(C(F)(F)F)cc1. The number of alkyl halides is 7. The quantitative estimate of drug-likeness (QED) is 0.0774. The number of piperidine rings is 2. The molecule has 2 saturated heterocycles. The van der Waals surface area contributed by atoms with Crippen molar-refractivity contribution in [1.82, 2.24) is 20.9 Å². The minimum atomic E-state index is -4.41. The van der Waals surface area contributed by atoms with Gasteiger partial charge in [-0.15, -0.1) is 0 Å². The lowest BCUT2D eigenvalue weighted by atomic mass is 9.97. The first-order valence-electron chi connectivity index (χ1n) is 20.5. The van der Waals surface area contributed by atoms with Crippen molar-refractivity contribution in [1.29, 1.82) is 0 Å². The van der Waals surface area contributed by atoms with Gasteiger partial charge in [-0.25, -0.2) is 0 Å². The van der Waals surface area contributed by atoms with Crippen LogP contribution in [0.1, 0.15) is 71.4 Å². The zero-order chi connectivity index (χ0) is 46.0. The van der Waals surface area contributed by atoms with E-state index in [-0.39, 0.29) is 42.4 Å². The van der Waals surface area contributed by atoms with Crippen LogP contribution in [0.15, 0.2) is 97.1 Å². The first kappa shape index (κ1) is 50.4. The van der Waals surface area contributed by atoms with Gasteiger partial charge in [0.2, 0.25) is 0 Å². The van der Waals surface area contributed by atoms with Gasteiger partial charge in [0.25, 0.3) is 11.8 Å². The third-order valence-corrected chi connectivity index (χ3v) is 10.5. The predicted molar refractivity (Wildman–Crippen MR) is 231 cm³/mol. The minimum absolute atomic E-state index is 0.0355. The monoisotopic (exact) mass is 948 g/mol. The number of halogens is 7. The number of ether oxygens (including phenoxy) is 2. The van der Waals surface area contributed by atoms with Crippen molar-refractivity contribution in [3.8, 4) is 22.3 Å². The third kappa shape index (κ3) is 16.1. The number of hydrogen-bond acceptors (Lipinski definition) is 8. The molecule has 2 aliphatic heterocycles. The smallest absolute Gasteiger partial charge is 0.416 e. The van der Waals surface area contributed by atoms with Gasteiger partial charge in [0.15, 0.2) is 0 Å². The van der Waals surface area contributed by atoms with Crippen LogP contribution in [0.5, 0.6) is 0 Å². The zero-order valence-corrected chi connectivity index (χ0v) is 36.5. The second-order valence-corrected chi connectivity index (χ2v) is 15.1. The molecule has 0 saturated carbocycles. The average molecular weight is 950 g/mol. The topological polar surface area (TPSA) is 126 Å². The van der Waals surface area contributed by atoms with E-state index >= 15 is 0 Å². The van der Waals surface area contributed by atoms with E-state index in [1.54, 1.807) is 62.4 Å². The van der Waals surface area contributed by atoms with E-state index in [2.05, 4.69) is 36.6 Å². The Bertz CT molecular complexity index is 2090. The highest BCUT2D eigenvalue weighted by atomic mass is 79.9. The molecule has 63 heavy (non-hydrogen) atoms. The molecule has 0 bridgehead atoms. The molecule has 2 aliphatic rings. The molecule has 0 aromatic heterocycles. The molecule has 6 rings (SSSR count). The van der Waals surface area contributed by atoms with E-state index in [9.17, 15) is 45.5 Å². The van der Waals surface area contributed by atoms with Crippen LogP contribution in [-0.4, -0.2) is 92.0 Å². The van der Waals surface area contributed by atoms with E-state index in [0.717, 1.165) is 50.2 Å². The second-order valence-electron chi connectivity index (χ2n) is 14.5. The van der Waals surface area contributed by atoms with Gasteiger partial charge in [0.1, 0.15) is 5.33 Å². The highest BCUT2D eigenvalue weighted by Crippen LogP contribution is 2.33. The number of rotatable bonds is 11. The Balaban J connectivity index is 0.000000244. The molecule has 3 N–H and O–H groups in total. The fraction of sp³-hybridized carbons (Fsp3) is 0.391. The first-order chi connectivity index (χ1) is 30.0.